The van der Waals surface area contributed by atoms with Crippen LogP contribution in [-0.4, -0.2) is 66.6 Å². The molecule has 36 heavy (non-hydrogen) atoms. The van der Waals surface area contributed by atoms with E-state index in [4.69, 9.17) is 0 Å². The smallest absolute Gasteiger partial charge is 0.150 e. The van der Waals surface area contributed by atoms with E-state index in [0.717, 1.165) is 44.0 Å². The van der Waals surface area contributed by atoms with Crippen LogP contribution in [0.5, 0.6) is 0 Å². The molecule has 0 saturated carbocycles. The molecular formula is C29H35N7. The van der Waals surface area contributed by atoms with Gasteiger partial charge in [0.25, 0.3) is 0 Å². The van der Waals surface area contributed by atoms with Crippen LogP contribution in [0.2, 0.25) is 0 Å². The minimum Gasteiger partial charge on any atom is -0.312 e. The van der Waals surface area contributed by atoms with E-state index >= 15 is 0 Å². The summed E-state index contributed by atoms with van der Waals surface area (Å²) in [7, 11) is 0. The van der Waals surface area contributed by atoms with Gasteiger partial charge in [-0.2, -0.15) is 5.10 Å². The van der Waals surface area contributed by atoms with E-state index < -0.39 is 0 Å². The van der Waals surface area contributed by atoms with E-state index in [0.29, 0.717) is 6.04 Å². The number of aromatic nitrogens is 5. The van der Waals surface area contributed by atoms with Gasteiger partial charge in [0.2, 0.25) is 0 Å². The Hall–Kier alpha value is -3.29. The van der Waals surface area contributed by atoms with Gasteiger partial charge in [0.1, 0.15) is 6.33 Å². The van der Waals surface area contributed by atoms with Crippen molar-refractivity contribution in [2.24, 2.45) is 0 Å². The maximum atomic E-state index is 4.68. The number of nitrogens with zero attached hydrogens (tertiary/aromatic N) is 7. The average molecular weight is 482 g/mol. The summed E-state index contributed by atoms with van der Waals surface area (Å²) in [5.74, 6) is 1.07. The highest BCUT2D eigenvalue weighted by molar-refractivity contribution is 5.60. The lowest BCUT2D eigenvalue weighted by Gasteiger charge is -2.29. The van der Waals surface area contributed by atoms with E-state index in [2.05, 4.69) is 84.3 Å². The van der Waals surface area contributed by atoms with Crippen LogP contribution in [0.3, 0.4) is 0 Å². The van der Waals surface area contributed by atoms with Crippen LogP contribution >= 0.6 is 0 Å². The van der Waals surface area contributed by atoms with Gasteiger partial charge in [0, 0.05) is 31.5 Å². The summed E-state index contributed by atoms with van der Waals surface area (Å²) in [5, 5.41) is 13.4. The molecule has 0 N–H and O–H groups in total. The monoisotopic (exact) mass is 481 g/mol. The summed E-state index contributed by atoms with van der Waals surface area (Å²) in [6.07, 6.45) is 20.6. The van der Waals surface area contributed by atoms with Crippen LogP contribution in [0, 0.1) is 0 Å². The van der Waals surface area contributed by atoms with Crippen molar-refractivity contribution < 1.29 is 0 Å². The number of allylic oxidation sites excluding steroid dienone is 5. The third-order valence-corrected chi connectivity index (χ3v) is 7.82. The van der Waals surface area contributed by atoms with Crippen molar-refractivity contribution in [3.05, 3.63) is 96.4 Å². The Kier molecular flexibility index (Phi) is 6.92. The summed E-state index contributed by atoms with van der Waals surface area (Å²) in [6.45, 7) is 5.55. The Bertz CT molecular complexity index is 1220. The Labute approximate surface area is 213 Å². The van der Waals surface area contributed by atoms with Crippen molar-refractivity contribution in [1.82, 2.24) is 34.3 Å². The highest BCUT2D eigenvalue weighted by atomic mass is 15.3. The zero-order valence-corrected chi connectivity index (χ0v) is 20.9. The number of rotatable bonds is 8. The van der Waals surface area contributed by atoms with Gasteiger partial charge in [-0.3, -0.25) is 9.80 Å². The Morgan fingerprint density at radius 3 is 2.69 bits per heavy atom. The van der Waals surface area contributed by atoms with E-state index in [-0.39, 0.29) is 6.04 Å². The first-order valence-corrected chi connectivity index (χ1v) is 13.3. The van der Waals surface area contributed by atoms with Gasteiger partial charge in [0.15, 0.2) is 5.82 Å². The van der Waals surface area contributed by atoms with E-state index in [1.54, 1.807) is 0 Å². The predicted octanol–water partition coefficient (Wildman–Crippen LogP) is 4.55. The lowest BCUT2D eigenvalue weighted by Crippen LogP contribution is -2.36. The molecule has 0 amide bonds. The first-order valence-electron chi connectivity index (χ1n) is 13.3. The minimum atomic E-state index is 0.223. The molecule has 7 nitrogen and oxygen atoms in total. The first kappa shape index (κ1) is 23.1. The second-order valence-corrected chi connectivity index (χ2v) is 10.1. The number of benzene rings is 1. The molecule has 3 aromatic rings. The maximum Gasteiger partial charge on any atom is 0.150 e. The van der Waals surface area contributed by atoms with Gasteiger partial charge in [-0.1, -0.05) is 48.6 Å². The van der Waals surface area contributed by atoms with Gasteiger partial charge < -0.3 is 4.57 Å². The fraction of sp³-hybridized carbons (Fsp3) is 0.414. The van der Waals surface area contributed by atoms with Crippen LogP contribution in [0.1, 0.15) is 49.5 Å². The quantitative estimate of drug-likeness (QED) is 0.472. The van der Waals surface area contributed by atoms with Crippen LogP contribution in [0.15, 0.2) is 85.0 Å². The topological polar surface area (TPSA) is 55.0 Å². The molecule has 2 saturated heterocycles. The lowest BCUT2D eigenvalue weighted by molar-refractivity contribution is 0.193. The molecule has 4 heterocycles. The van der Waals surface area contributed by atoms with Crippen LogP contribution < -0.4 is 0 Å². The van der Waals surface area contributed by atoms with Gasteiger partial charge in [-0.05, 0) is 68.5 Å². The molecule has 1 aliphatic carbocycles. The van der Waals surface area contributed by atoms with Crippen molar-refractivity contribution in [1.29, 1.82) is 0 Å². The van der Waals surface area contributed by atoms with Crippen molar-refractivity contribution in [2.75, 3.05) is 26.2 Å². The molecule has 7 heteroatoms. The van der Waals surface area contributed by atoms with Crippen molar-refractivity contribution in [3.63, 3.8) is 0 Å². The zero-order chi connectivity index (χ0) is 24.2. The molecule has 2 aliphatic heterocycles. The normalized spacial score (nSPS) is 22.9. The van der Waals surface area contributed by atoms with Crippen molar-refractivity contribution >= 4 is 5.70 Å². The highest BCUT2D eigenvalue weighted by Gasteiger charge is 2.34. The molecule has 3 aliphatic rings. The molecule has 2 unspecified atom stereocenters. The number of hydrogen-bond donors (Lipinski definition) is 0. The summed E-state index contributed by atoms with van der Waals surface area (Å²) >= 11 is 0. The lowest BCUT2D eigenvalue weighted by atomic mass is 10.0. The fourth-order valence-corrected chi connectivity index (χ4v) is 5.85. The molecule has 0 bridgehead atoms. The predicted molar refractivity (Wildman–Crippen MR) is 142 cm³/mol. The largest absolute Gasteiger partial charge is 0.312 e. The summed E-state index contributed by atoms with van der Waals surface area (Å²) in [4.78, 5) is 5.36. The molecule has 1 aromatic carbocycles. The number of hydrogen-bond acceptors (Lipinski definition) is 5. The molecule has 186 valence electrons. The molecule has 6 rings (SSSR count). The van der Waals surface area contributed by atoms with Crippen LogP contribution in [-0.2, 0) is 6.54 Å². The van der Waals surface area contributed by atoms with Crippen LogP contribution in [0.4, 0.5) is 0 Å². The third kappa shape index (κ3) is 5.13. The molecule has 0 radical (unpaired) electrons. The van der Waals surface area contributed by atoms with E-state index in [9.17, 15) is 0 Å². The van der Waals surface area contributed by atoms with Gasteiger partial charge in [0.05, 0.1) is 18.3 Å². The number of likely N-dealkylation sites (tertiary alicyclic amines) is 2. The van der Waals surface area contributed by atoms with Crippen molar-refractivity contribution in [2.45, 2.75) is 50.7 Å². The molecule has 2 fully saturated rings. The average Bonchev–Trinajstić information content (AvgIpc) is 3.74. The second-order valence-electron chi connectivity index (χ2n) is 10.1. The van der Waals surface area contributed by atoms with Crippen LogP contribution in [0.25, 0.3) is 5.70 Å². The Morgan fingerprint density at radius 2 is 1.92 bits per heavy atom. The highest BCUT2D eigenvalue weighted by Crippen LogP contribution is 2.31. The van der Waals surface area contributed by atoms with E-state index in [1.165, 1.54) is 43.5 Å². The third-order valence-electron chi connectivity index (χ3n) is 7.82. The summed E-state index contributed by atoms with van der Waals surface area (Å²) in [6, 6.07) is 13.5. The second kappa shape index (κ2) is 10.8. The van der Waals surface area contributed by atoms with Gasteiger partial charge in [-0.15, -0.1) is 10.2 Å². The van der Waals surface area contributed by atoms with E-state index in [1.807, 2.05) is 29.5 Å². The molecular weight excluding hydrogens is 446 g/mol. The summed E-state index contributed by atoms with van der Waals surface area (Å²) < 4.78 is 4.17. The SMILES string of the molecule is C1=CC(n2cccn2)=CCC1=CCC(c1nncn1Cc1ccccc1)N1CCC(N2CCCC2)C1. The van der Waals surface area contributed by atoms with Gasteiger partial charge >= 0.3 is 0 Å². The standard InChI is InChI=1S/C29H35N7/c1-2-7-25(8-3-1)21-35-23-30-32-29(35)28(34-20-15-27(22-34)33-17-4-5-18-33)14-11-24-9-12-26(13-10-24)36-19-6-16-31-36/h1-3,6-9,11-13,16,19,23,27-28H,4-5,10,14-15,17-18,20-22H2. The molecule has 0 spiro atoms. The maximum absolute atomic E-state index is 4.68. The van der Waals surface area contributed by atoms with Gasteiger partial charge in [-0.25, -0.2) is 4.68 Å². The Morgan fingerprint density at radius 1 is 1.03 bits per heavy atom. The Balaban J connectivity index is 1.21. The minimum absolute atomic E-state index is 0.223. The molecule has 2 aromatic heterocycles. The van der Waals surface area contributed by atoms with Crippen molar-refractivity contribution in [3.8, 4) is 0 Å². The first-order chi connectivity index (χ1) is 17.8. The fourth-order valence-electron chi connectivity index (χ4n) is 5.85. The molecule has 2 atom stereocenters. The summed E-state index contributed by atoms with van der Waals surface area (Å²) in [5.41, 5.74) is 3.75. The zero-order valence-electron chi connectivity index (χ0n) is 20.9.